The van der Waals surface area contributed by atoms with E-state index in [9.17, 15) is 0 Å². The lowest BCUT2D eigenvalue weighted by molar-refractivity contribution is 0.161. The van der Waals surface area contributed by atoms with E-state index in [-0.39, 0.29) is 0 Å². The predicted molar refractivity (Wildman–Crippen MR) is 56.8 cm³/mol. The van der Waals surface area contributed by atoms with Crippen LogP contribution in [0.15, 0.2) is 0 Å². The molecule has 0 heterocycles. The van der Waals surface area contributed by atoms with E-state index in [1.54, 1.807) is 0 Å². The number of hydrogen-bond acceptors (Lipinski definition) is 1. The molecule has 0 radical (unpaired) electrons. The van der Waals surface area contributed by atoms with Gasteiger partial charge in [-0.25, -0.2) is 0 Å². The van der Waals surface area contributed by atoms with Gasteiger partial charge in [0.1, 0.15) is 0 Å². The smallest absolute Gasteiger partial charge is 0.00949 e. The van der Waals surface area contributed by atoms with Crippen LogP contribution in [0.25, 0.3) is 0 Å². The minimum atomic E-state index is 0.913. The van der Waals surface area contributed by atoms with Gasteiger partial charge in [0, 0.05) is 12.6 Å². The minimum Gasteiger partial charge on any atom is -0.303 e. The SMILES string of the molecule is CC1CCC(N(C)CC2CCC2)C1. The van der Waals surface area contributed by atoms with Crippen LogP contribution < -0.4 is 0 Å². The van der Waals surface area contributed by atoms with Crippen molar-refractivity contribution >= 4 is 0 Å². The highest BCUT2D eigenvalue weighted by Crippen LogP contribution is 2.32. The Kier molecular flexibility index (Phi) is 2.92. The summed E-state index contributed by atoms with van der Waals surface area (Å²) in [5.41, 5.74) is 0. The molecule has 2 atom stereocenters. The van der Waals surface area contributed by atoms with Crippen molar-refractivity contribution in [2.24, 2.45) is 11.8 Å². The first-order chi connectivity index (χ1) is 6.25. The quantitative estimate of drug-likeness (QED) is 0.647. The number of hydrogen-bond donors (Lipinski definition) is 0. The standard InChI is InChI=1S/C12H23N/c1-10-6-7-12(8-10)13(2)9-11-4-3-5-11/h10-12H,3-9H2,1-2H3. The first-order valence-electron chi connectivity index (χ1n) is 5.96. The fourth-order valence-corrected chi connectivity index (χ4v) is 2.81. The van der Waals surface area contributed by atoms with E-state index in [1.165, 1.54) is 45.1 Å². The number of rotatable bonds is 3. The summed E-state index contributed by atoms with van der Waals surface area (Å²) in [5.74, 6) is 2.02. The van der Waals surface area contributed by atoms with Crippen LogP contribution in [0.3, 0.4) is 0 Å². The van der Waals surface area contributed by atoms with Gasteiger partial charge in [0.25, 0.3) is 0 Å². The maximum Gasteiger partial charge on any atom is 0.00949 e. The maximum absolute atomic E-state index is 2.63. The Balaban J connectivity index is 1.72. The Labute approximate surface area is 82.5 Å². The molecule has 0 spiro atoms. The molecule has 0 N–H and O–H groups in total. The summed E-state index contributed by atoms with van der Waals surface area (Å²) in [6, 6.07) is 0.913. The van der Waals surface area contributed by atoms with E-state index in [1.807, 2.05) is 0 Å². The second-order valence-corrected chi connectivity index (χ2v) is 5.31. The Hall–Kier alpha value is -0.0400. The van der Waals surface area contributed by atoms with Gasteiger partial charge in [-0.1, -0.05) is 13.3 Å². The average molecular weight is 181 g/mol. The van der Waals surface area contributed by atoms with Crippen LogP contribution in [-0.2, 0) is 0 Å². The molecule has 76 valence electrons. The van der Waals surface area contributed by atoms with E-state index >= 15 is 0 Å². The topological polar surface area (TPSA) is 3.24 Å². The molecule has 0 bridgehead atoms. The third-order valence-electron chi connectivity index (χ3n) is 4.06. The van der Waals surface area contributed by atoms with E-state index in [2.05, 4.69) is 18.9 Å². The molecule has 2 unspecified atom stereocenters. The zero-order valence-corrected chi connectivity index (χ0v) is 9.13. The van der Waals surface area contributed by atoms with Crippen molar-refractivity contribution in [3.63, 3.8) is 0 Å². The van der Waals surface area contributed by atoms with Crippen molar-refractivity contribution in [3.8, 4) is 0 Å². The summed E-state index contributed by atoms with van der Waals surface area (Å²) in [6.07, 6.45) is 8.83. The first kappa shape index (κ1) is 9.51. The van der Waals surface area contributed by atoms with Crippen molar-refractivity contribution in [2.75, 3.05) is 13.6 Å². The van der Waals surface area contributed by atoms with Gasteiger partial charge in [0.2, 0.25) is 0 Å². The summed E-state index contributed by atoms with van der Waals surface area (Å²) >= 11 is 0. The summed E-state index contributed by atoms with van der Waals surface area (Å²) < 4.78 is 0. The van der Waals surface area contributed by atoms with Gasteiger partial charge in [0.15, 0.2) is 0 Å². The molecule has 2 fully saturated rings. The van der Waals surface area contributed by atoms with Crippen LogP contribution in [0.1, 0.15) is 45.4 Å². The highest BCUT2D eigenvalue weighted by atomic mass is 15.1. The van der Waals surface area contributed by atoms with Crippen molar-refractivity contribution in [2.45, 2.75) is 51.5 Å². The van der Waals surface area contributed by atoms with Crippen LogP contribution in [-0.4, -0.2) is 24.5 Å². The van der Waals surface area contributed by atoms with Gasteiger partial charge in [0.05, 0.1) is 0 Å². The molecule has 1 heteroatoms. The molecule has 13 heavy (non-hydrogen) atoms. The predicted octanol–water partition coefficient (Wildman–Crippen LogP) is 2.91. The van der Waals surface area contributed by atoms with Crippen LogP contribution in [0.5, 0.6) is 0 Å². The molecule has 0 aromatic rings. The molecule has 0 saturated heterocycles. The molecule has 2 aliphatic rings. The Morgan fingerprint density at radius 3 is 2.38 bits per heavy atom. The molecule has 2 saturated carbocycles. The summed E-state index contributed by atoms with van der Waals surface area (Å²) in [7, 11) is 2.33. The van der Waals surface area contributed by atoms with E-state index in [0.717, 1.165) is 17.9 Å². The van der Waals surface area contributed by atoms with Gasteiger partial charge in [-0.15, -0.1) is 0 Å². The van der Waals surface area contributed by atoms with Gasteiger partial charge >= 0.3 is 0 Å². The molecule has 0 aromatic carbocycles. The third-order valence-corrected chi connectivity index (χ3v) is 4.06. The van der Waals surface area contributed by atoms with E-state index < -0.39 is 0 Å². The Bertz CT molecular complexity index is 163. The lowest BCUT2D eigenvalue weighted by Crippen LogP contribution is -2.36. The molecular formula is C12H23N. The number of nitrogens with zero attached hydrogens (tertiary/aromatic N) is 1. The van der Waals surface area contributed by atoms with Gasteiger partial charge in [-0.2, -0.15) is 0 Å². The van der Waals surface area contributed by atoms with Crippen molar-refractivity contribution in [1.82, 2.24) is 4.90 Å². The molecule has 2 rings (SSSR count). The third kappa shape index (κ3) is 2.25. The van der Waals surface area contributed by atoms with Gasteiger partial charge in [-0.05, 0) is 51.0 Å². The van der Waals surface area contributed by atoms with Gasteiger partial charge < -0.3 is 4.90 Å². The lowest BCUT2D eigenvalue weighted by atomic mass is 9.85. The zero-order chi connectivity index (χ0) is 9.26. The van der Waals surface area contributed by atoms with Crippen molar-refractivity contribution in [3.05, 3.63) is 0 Å². The van der Waals surface area contributed by atoms with Gasteiger partial charge in [-0.3, -0.25) is 0 Å². The molecule has 0 aliphatic heterocycles. The summed E-state index contributed by atoms with van der Waals surface area (Å²) in [6.45, 7) is 3.77. The molecule has 0 amide bonds. The van der Waals surface area contributed by atoms with Crippen molar-refractivity contribution < 1.29 is 0 Å². The van der Waals surface area contributed by atoms with Crippen molar-refractivity contribution in [1.29, 1.82) is 0 Å². The summed E-state index contributed by atoms with van der Waals surface area (Å²) in [4.78, 5) is 2.63. The van der Waals surface area contributed by atoms with Crippen LogP contribution in [0.2, 0.25) is 0 Å². The van der Waals surface area contributed by atoms with E-state index in [4.69, 9.17) is 0 Å². The molecule has 1 nitrogen and oxygen atoms in total. The molecule has 2 aliphatic carbocycles. The normalized spacial score (nSPS) is 35.3. The second kappa shape index (κ2) is 4.00. The summed E-state index contributed by atoms with van der Waals surface area (Å²) in [5, 5.41) is 0. The largest absolute Gasteiger partial charge is 0.303 e. The average Bonchev–Trinajstić information content (AvgIpc) is 2.44. The highest BCUT2D eigenvalue weighted by molar-refractivity contribution is 4.82. The van der Waals surface area contributed by atoms with E-state index in [0.29, 0.717) is 0 Å². The lowest BCUT2D eigenvalue weighted by Gasteiger charge is -2.33. The fourth-order valence-electron chi connectivity index (χ4n) is 2.81. The monoisotopic (exact) mass is 181 g/mol. The zero-order valence-electron chi connectivity index (χ0n) is 9.13. The Morgan fingerprint density at radius 1 is 1.15 bits per heavy atom. The minimum absolute atomic E-state index is 0.913. The van der Waals surface area contributed by atoms with Crippen LogP contribution in [0, 0.1) is 11.8 Å². The molecule has 0 aromatic heterocycles. The maximum atomic E-state index is 2.63. The Morgan fingerprint density at radius 2 is 1.92 bits per heavy atom. The molecular weight excluding hydrogens is 158 g/mol. The second-order valence-electron chi connectivity index (χ2n) is 5.31. The fraction of sp³-hybridized carbons (Fsp3) is 1.00. The first-order valence-corrected chi connectivity index (χ1v) is 5.96. The van der Waals surface area contributed by atoms with Crippen LogP contribution in [0.4, 0.5) is 0 Å². The highest BCUT2D eigenvalue weighted by Gasteiger charge is 2.27. The van der Waals surface area contributed by atoms with Crippen LogP contribution >= 0.6 is 0 Å².